The fraction of sp³-hybridized carbons (Fsp3) is 0.625. The Kier molecular flexibility index (Phi) is 4.45. The van der Waals surface area contributed by atoms with Gasteiger partial charge in [-0.1, -0.05) is 6.92 Å². The average Bonchev–Trinajstić information content (AvgIpc) is 3.07. The molecule has 0 aromatic carbocycles. The molecule has 0 radical (unpaired) electrons. The van der Waals surface area contributed by atoms with Crippen molar-refractivity contribution in [3.63, 3.8) is 0 Å². The third-order valence-electron chi connectivity index (χ3n) is 4.36. The van der Waals surface area contributed by atoms with Gasteiger partial charge in [0.15, 0.2) is 0 Å². The molecule has 7 heteroatoms. The molecule has 0 aliphatic carbocycles. The van der Waals surface area contributed by atoms with Crippen LogP contribution in [0.15, 0.2) is 6.07 Å². The number of aryl methyl sites for hydroxylation is 5. The molecule has 0 saturated heterocycles. The van der Waals surface area contributed by atoms with Crippen LogP contribution in [0.1, 0.15) is 42.8 Å². The van der Waals surface area contributed by atoms with Crippen LogP contribution in [0.25, 0.3) is 0 Å². The van der Waals surface area contributed by atoms with Gasteiger partial charge in [0.2, 0.25) is 5.91 Å². The number of aromatic nitrogens is 5. The molecule has 1 amide bonds. The Balaban J connectivity index is 1.53. The van der Waals surface area contributed by atoms with E-state index >= 15 is 0 Å². The molecule has 124 valence electrons. The van der Waals surface area contributed by atoms with Crippen LogP contribution in [0.4, 0.5) is 0 Å². The van der Waals surface area contributed by atoms with Crippen molar-refractivity contribution in [3.05, 3.63) is 29.1 Å². The zero-order chi connectivity index (χ0) is 16.4. The molecule has 1 N–H and O–H groups in total. The number of fused-ring (bicyclic) bond motifs is 1. The molecule has 1 atom stereocenters. The largest absolute Gasteiger partial charge is 0.352 e. The van der Waals surface area contributed by atoms with Crippen LogP contribution < -0.4 is 5.32 Å². The van der Waals surface area contributed by atoms with Gasteiger partial charge in [0, 0.05) is 44.1 Å². The smallest absolute Gasteiger partial charge is 0.222 e. The highest BCUT2D eigenvalue weighted by atomic mass is 16.1. The molecular weight excluding hydrogens is 292 g/mol. The maximum atomic E-state index is 12.2. The Bertz CT molecular complexity index is 688. The van der Waals surface area contributed by atoms with E-state index in [1.165, 1.54) is 0 Å². The van der Waals surface area contributed by atoms with Gasteiger partial charge in [-0.05, 0) is 26.3 Å². The minimum Gasteiger partial charge on any atom is -0.352 e. The molecule has 1 aliphatic rings. The summed E-state index contributed by atoms with van der Waals surface area (Å²) in [7, 11) is 0. The molecule has 3 heterocycles. The summed E-state index contributed by atoms with van der Waals surface area (Å²) < 4.78 is 4.04. The number of rotatable bonds is 5. The van der Waals surface area contributed by atoms with Gasteiger partial charge >= 0.3 is 0 Å². The number of hydrogen-bond donors (Lipinski definition) is 1. The Labute approximate surface area is 136 Å². The lowest BCUT2D eigenvalue weighted by Gasteiger charge is -2.25. The zero-order valence-corrected chi connectivity index (χ0v) is 14.0. The van der Waals surface area contributed by atoms with Gasteiger partial charge in [0.1, 0.15) is 11.6 Å². The number of nitrogens with one attached hydrogen (secondary N) is 1. The van der Waals surface area contributed by atoms with E-state index in [0.29, 0.717) is 13.0 Å². The van der Waals surface area contributed by atoms with E-state index in [-0.39, 0.29) is 11.9 Å². The molecule has 1 aliphatic heterocycles. The molecule has 7 nitrogen and oxygen atoms in total. The molecule has 2 aromatic heterocycles. The molecule has 2 aromatic rings. The first-order valence-electron chi connectivity index (χ1n) is 8.28. The van der Waals surface area contributed by atoms with Crippen molar-refractivity contribution in [2.24, 2.45) is 0 Å². The lowest BCUT2D eigenvalue weighted by atomic mass is 10.1. The molecule has 0 fully saturated rings. The predicted octanol–water partition coefficient (Wildman–Crippen LogP) is 1.18. The van der Waals surface area contributed by atoms with Crippen molar-refractivity contribution in [2.75, 3.05) is 0 Å². The van der Waals surface area contributed by atoms with Gasteiger partial charge in [0.25, 0.3) is 0 Å². The number of carbonyl (C=O) groups excluding carboxylic acids is 1. The van der Waals surface area contributed by atoms with E-state index in [1.54, 1.807) is 0 Å². The van der Waals surface area contributed by atoms with Gasteiger partial charge in [-0.25, -0.2) is 0 Å². The highest BCUT2D eigenvalue weighted by molar-refractivity contribution is 5.76. The molecule has 0 bridgehead atoms. The zero-order valence-electron chi connectivity index (χ0n) is 14.0. The Morgan fingerprint density at radius 3 is 2.91 bits per heavy atom. The fourth-order valence-corrected chi connectivity index (χ4v) is 3.17. The van der Waals surface area contributed by atoms with Crippen LogP contribution in [0.3, 0.4) is 0 Å². The quantitative estimate of drug-likeness (QED) is 0.898. The van der Waals surface area contributed by atoms with Crippen molar-refractivity contribution in [3.8, 4) is 0 Å². The Morgan fingerprint density at radius 1 is 1.39 bits per heavy atom. The van der Waals surface area contributed by atoms with Crippen molar-refractivity contribution < 1.29 is 4.79 Å². The number of carbonyl (C=O) groups is 1. The maximum Gasteiger partial charge on any atom is 0.222 e. The normalized spacial score (nSPS) is 17.1. The summed E-state index contributed by atoms with van der Waals surface area (Å²) in [5.41, 5.74) is 2.08. The summed E-state index contributed by atoms with van der Waals surface area (Å²) in [6.45, 7) is 7.45. The van der Waals surface area contributed by atoms with Crippen molar-refractivity contribution in [1.82, 2.24) is 29.9 Å². The minimum atomic E-state index is 0.0807. The second-order valence-corrected chi connectivity index (χ2v) is 6.20. The topological polar surface area (TPSA) is 77.6 Å². The van der Waals surface area contributed by atoms with Gasteiger partial charge in [-0.3, -0.25) is 9.48 Å². The van der Waals surface area contributed by atoms with Crippen molar-refractivity contribution in [1.29, 1.82) is 0 Å². The number of nitrogens with zero attached hydrogens (tertiary/aromatic N) is 5. The van der Waals surface area contributed by atoms with Gasteiger partial charge in [-0.15, -0.1) is 10.2 Å². The molecule has 0 saturated carbocycles. The summed E-state index contributed by atoms with van der Waals surface area (Å²) in [4.78, 5) is 12.2. The number of amides is 1. The highest BCUT2D eigenvalue weighted by Crippen LogP contribution is 2.15. The Morgan fingerprint density at radius 2 is 2.22 bits per heavy atom. The molecule has 23 heavy (non-hydrogen) atoms. The molecule has 1 unspecified atom stereocenters. The fourth-order valence-electron chi connectivity index (χ4n) is 3.17. The SMILES string of the molecule is CCc1nnc2n1CC(NC(=O)CCn1nc(C)cc1C)CC2. The first-order valence-corrected chi connectivity index (χ1v) is 8.28. The van der Waals surface area contributed by atoms with Crippen LogP contribution in [-0.2, 0) is 30.7 Å². The summed E-state index contributed by atoms with van der Waals surface area (Å²) in [6, 6.07) is 2.19. The van der Waals surface area contributed by atoms with E-state index < -0.39 is 0 Å². The maximum absolute atomic E-state index is 12.2. The lowest BCUT2D eigenvalue weighted by molar-refractivity contribution is -0.122. The number of hydrogen-bond acceptors (Lipinski definition) is 4. The highest BCUT2D eigenvalue weighted by Gasteiger charge is 2.23. The summed E-state index contributed by atoms with van der Waals surface area (Å²) in [6.07, 6.45) is 3.11. The van der Waals surface area contributed by atoms with E-state index in [0.717, 1.165) is 48.8 Å². The van der Waals surface area contributed by atoms with E-state index in [9.17, 15) is 4.79 Å². The average molecular weight is 316 g/mol. The standard InChI is InChI=1S/C16H24N6O/c1-4-14-18-19-15-6-5-13(10-21(14)15)17-16(23)7-8-22-12(3)9-11(2)20-22/h9,13H,4-8,10H2,1-3H3,(H,17,23). The third kappa shape index (κ3) is 3.43. The predicted molar refractivity (Wildman–Crippen MR) is 86.0 cm³/mol. The van der Waals surface area contributed by atoms with E-state index in [2.05, 4.69) is 32.1 Å². The second kappa shape index (κ2) is 6.52. The summed E-state index contributed by atoms with van der Waals surface area (Å²) >= 11 is 0. The van der Waals surface area contributed by atoms with Gasteiger partial charge in [0.05, 0.1) is 5.69 Å². The van der Waals surface area contributed by atoms with Crippen molar-refractivity contribution >= 4 is 5.91 Å². The molecule has 3 rings (SSSR count). The van der Waals surface area contributed by atoms with Crippen LogP contribution in [0, 0.1) is 13.8 Å². The van der Waals surface area contributed by atoms with Crippen LogP contribution in [0.2, 0.25) is 0 Å². The first-order chi connectivity index (χ1) is 11.1. The first kappa shape index (κ1) is 15.7. The van der Waals surface area contributed by atoms with Crippen molar-refractivity contribution in [2.45, 2.75) is 65.6 Å². The third-order valence-corrected chi connectivity index (χ3v) is 4.36. The minimum absolute atomic E-state index is 0.0807. The summed E-state index contributed by atoms with van der Waals surface area (Å²) in [5, 5.41) is 16.0. The Hall–Kier alpha value is -2.18. The van der Waals surface area contributed by atoms with Crippen LogP contribution in [0.5, 0.6) is 0 Å². The van der Waals surface area contributed by atoms with E-state index in [4.69, 9.17) is 0 Å². The molecular formula is C16H24N6O. The second-order valence-electron chi connectivity index (χ2n) is 6.20. The van der Waals surface area contributed by atoms with Gasteiger partial charge in [-0.2, -0.15) is 5.10 Å². The lowest BCUT2D eigenvalue weighted by Crippen LogP contribution is -2.41. The van der Waals surface area contributed by atoms with E-state index in [1.807, 2.05) is 24.6 Å². The van der Waals surface area contributed by atoms with Crippen LogP contribution in [-0.4, -0.2) is 36.5 Å². The summed E-state index contributed by atoms with van der Waals surface area (Å²) in [5.74, 6) is 2.12. The van der Waals surface area contributed by atoms with Crippen LogP contribution >= 0.6 is 0 Å². The molecule has 0 spiro atoms. The monoisotopic (exact) mass is 316 g/mol. The van der Waals surface area contributed by atoms with Gasteiger partial charge < -0.3 is 9.88 Å².